The highest BCUT2D eigenvalue weighted by Crippen LogP contribution is 2.36. The zero-order valence-electron chi connectivity index (χ0n) is 15.7. The Morgan fingerprint density at radius 3 is 1.80 bits per heavy atom. The van der Waals surface area contributed by atoms with Crippen LogP contribution in [0.25, 0.3) is 0 Å². The summed E-state index contributed by atoms with van der Waals surface area (Å²) in [5.41, 5.74) is 0.790. The molecule has 0 amide bonds. The van der Waals surface area contributed by atoms with E-state index < -0.39 is 8.32 Å². The molecular formula is C22H28O2Si. The van der Waals surface area contributed by atoms with E-state index in [4.69, 9.17) is 4.43 Å². The van der Waals surface area contributed by atoms with Crippen molar-refractivity contribution in [2.45, 2.75) is 39.2 Å². The molecule has 0 N–H and O–H groups in total. The number of allylic oxidation sites excluding steroid dienone is 1. The molecule has 0 radical (unpaired) electrons. The van der Waals surface area contributed by atoms with Gasteiger partial charge in [0.05, 0.1) is 6.61 Å². The number of carbonyl (C=O) groups is 1. The summed E-state index contributed by atoms with van der Waals surface area (Å²) in [6, 6.07) is 21.1. The number of carbonyl (C=O) groups excluding carboxylic acids is 1. The Morgan fingerprint density at radius 1 is 0.960 bits per heavy atom. The SMILES string of the molecule is CC/C(C=O)=C\CO[Si](c1ccccc1)(c1ccccc1)C(C)(C)C. The first-order valence-electron chi connectivity index (χ1n) is 8.85. The van der Waals surface area contributed by atoms with E-state index in [0.29, 0.717) is 6.61 Å². The summed E-state index contributed by atoms with van der Waals surface area (Å²) in [5, 5.41) is 2.47. The highest BCUT2D eigenvalue weighted by molar-refractivity contribution is 6.99. The van der Waals surface area contributed by atoms with Crippen LogP contribution in [0, 0.1) is 0 Å². The summed E-state index contributed by atoms with van der Waals surface area (Å²) in [7, 11) is -2.50. The molecule has 0 bridgehead atoms. The molecular weight excluding hydrogens is 324 g/mol. The Hall–Kier alpha value is -1.97. The molecule has 3 heteroatoms. The second-order valence-corrected chi connectivity index (χ2v) is 11.5. The summed E-state index contributed by atoms with van der Waals surface area (Å²) in [4.78, 5) is 11.1. The van der Waals surface area contributed by atoms with E-state index in [1.165, 1.54) is 10.4 Å². The van der Waals surface area contributed by atoms with E-state index >= 15 is 0 Å². The zero-order chi connectivity index (χ0) is 18.3. The van der Waals surface area contributed by atoms with Crippen molar-refractivity contribution in [1.29, 1.82) is 0 Å². The topological polar surface area (TPSA) is 26.3 Å². The maximum absolute atomic E-state index is 11.1. The molecule has 25 heavy (non-hydrogen) atoms. The largest absolute Gasteiger partial charge is 0.404 e. The first kappa shape index (κ1) is 19.4. The van der Waals surface area contributed by atoms with Crippen LogP contribution in [0.3, 0.4) is 0 Å². The molecule has 2 rings (SSSR count). The van der Waals surface area contributed by atoms with Gasteiger partial charge in [-0.05, 0) is 27.4 Å². The Bertz CT molecular complexity index is 660. The number of rotatable bonds is 7. The minimum atomic E-state index is -2.50. The normalized spacial score (nSPS) is 12.9. The third-order valence-electron chi connectivity index (χ3n) is 4.62. The number of hydrogen-bond donors (Lipinski definition) is 0. The highest BCUT2D eigenvalue weighted by Gasteiger charge is 2.49. The van der Waals surface area contributed by atoms with E-state index in [2.05, 4.69) is 69.3 Å². The second kappa shape index (κ2) is 8.41. The van der Waals surface area contributed by atoms with Gasteiger partial charge in [0.15, 0.2) is 0 Å². The van der Waals surface area contributed by atoms with Gasteiger partial charge in [-0.2, -0.15) is 0 Å². The van der Waals surface area contributed by atoms with E-state index in [9.17, 15) is 4.79 Å². The predicted octanol–water partition coefficient (Wildman–Crippen LogP) is 4.10. The molecule has 0 atom stereocenters. The molecule has 0 heterocycles. The monoisotopic (exact) mass is 352 g/mol. The average Bonchev–Trinajstić information content (AvgIpc) is 2.62. The lowest BCUT2D eigenvalue weighted by Gasteiger charge is -2.42. The average molecular weight is 353 g/mol. The summed E-state index contributed by atoms with van der Waals surface area (Å²) in [6.45, 7) is 9.20. The van der Waals surface area contributed by atoms with Gasteiger partial charge in [-0.15, -0.1) is 0 Å². The molecule has 2 nitrogen and oxygen atoms in total. The van der Waals surface area contributed by atoms with Crippen molar-refractivity contribution in [1.82, 2.24) is 0 Å². The van der Waals surface area contributed by atoms with Crippen molar-refractivity contribution in [3.05, 3.63) is 72.3 Å². The van der Waals surface area contributed by atoms with Crippen molar-refractivity contribution in [3.63, 3.8) is 0 Å². The van der Waals surface area contributed by atoms with Crippen LogP contribution in [0.2, 0.25) is 5.04 Å². The lowest BCUT2D eigenvalue weighted by atomic mass is 10.2. The molecule has 0 unspecified atom stereocenters. The van der Waals surface area contributed by atoms with Gasteiger partial charge in [0, 0.05) is 0 Å². The van der Waals surface area contributed by atoms with Crippen molar-refractivity contribution in [2.24, 2.45) is 0 Å². The fourth-order valence-electron chi connectivity index (χ4n) is 3.31. The van der Waals surface area contributed by atoms with Crippen LogP contribution in [-0.2, 0) is 9.22 Å². The molecule has 0 aliphatic carbocycles. The Labute approximate surface area is 152 Å². The van der Waals surface area contributed by atoms with Crippen LogP contribution in [-0.4, -0.2) is 21.2 Å². The van der Waals surface area contributed by atoms with Crippen LogP contribution < -0.4 is 10.4 Å². The van der Waals surface area contributed by atoms with Crippen LogP contribution in [0.1, 0.15) is 34.1 Å². The molecule has 0 fully saturated rings. The van der Waals surface area contributed by atoms with E-state index in [1.807, 2.05) is 25.1 Å². The lowest BCUT2D eigenvalue weighted by molar-refractivity contribution is -0.105. The van der Waals surface area contributed by atoms with Gasteiger partial charge in [0.2, 0.25) is 0 Å². The van der Waals surface area contributed by atoms with Crippen molar-refractivity contribution >= 4 is 25.0 Å². The molecule has 0 saturated heterocycles. The number of benzene rings is 2. The standard InChI is InChI=1S/C22H28O2Si/c1-5-19(18-23)16-17-24-25(22(2,3)4,20-12-8-6-9-13-20)21-14-10-7-11-15-21/h6-16,18H,5,17H2,1-4H3/b19-16+. The predicted molar refractivity (Wildman–Crippen MR) is 108 cm³/mol. The van der Waals surface area contributed by atoms with Gasteiger partial charge in [-0.25, -0.2) is 0 Å². The molecule has 0 aromatic heterocycles. The van der Waals surface area contributed by atoms with Crippen molar-refractivity contribution in [2.75, 3.05) is 6.61 Å². The Kier molecular flexibility index (Phi) is 6.51. The van der Waals surface area contributed by atoms with E-state index in [0.717, 1.165) is 18.3 Å². The number of hydrogen-bond acceptors (Lipinski definition) is 2. The molecule has 0 aliphatic heterocycles. The van der Waals surface area contributed by atoms with Gasteiger partial charge in [-0.3, -0.25) is 4.79 Å². The first-order chi connectivity index (χ1) is 12.0. The molecule has 0 saturated carbocycles. The van der Waals surface area contributed by atoms with Crippen molar-refractivity contribution < 1.29 is 9.22 Å². The summed E-state index contributed by atoms with van der Waals surface area (Å²) in [6.07, 6.45) is 3.58. The molecule has 2 aromatic rings. The fraction of sp³-hybridized carbons (Fsp3) is 0.318. The lowest BCUT2D eigenvalue weighted by Crippen LogP contribution is -2.66. The molecule has 0 aliphatic rings. The maximum Gasteiger partial charge on any atom is 0.261 e. The zero-order valence-corrected chi connectivity index (χ0v) is 16.7. The minimum absolute atomic E-state index is 0.0445. The van der Waals surface area contributed by atoms with E-state index in [-0.39, 0.29) is 5.04 Å². The van der Waals surface area contributed by atoms with Crippen molar-refractivity contribution in [3.8, 4) is 0 Å². The smallest absolute Gasteiger partial charge is 0.261 e. The number of aldehydes is 1. The third kappa shape index (κ3) is 4.17. The quantitative estimate of drug-likeness (QED) is 0.426. The maximum atomic E-state index is 11.1. The minimum Gasteiger partial charge on any atom is -0.404 e. The highest BCUT2D eigenvalue weighted by atomic mass is 28.4. The second-order valence-electron chi connectivity index (χ2n) is 7.22. The Balaban J connectivity index is 2.57. The molecule has 0 spiro atoms. The van der Waals surface area contributed by atoms with Crippen LogP contribution in [0.5, 0.6) is 0 Å². The van der Waals surface area contributed by atoms with Crippen LogP contribution in [0.4, 0.5) is 0 Å². The summed E-state index contributed by atoms with van der Waals surface area (Å²) >= 11 is 0. The molecule has 2 aromatic carbocycles. The van der Waals surface area contributed by atoms with Crippen LogP contribution in [0.15, 0.2) is 72.3 Å². The van der Waals surface area contributed by atoms with Gasteiger partial charge in [-0.1, -0.05) is 94.4 Å². The van der Waals surface area contributed by atoms with Gasteiger partial charge >= 0.3 is 0 Å². The Morgan fingerprint density at radius 2 is 1.44 bits per heavy atom. The van der Waals surface area contributed by atoms with E-state index in [1.54, 1.807) is 0 Å². The molecule has 132 valence electrons. The van der Waals surface area contributed by atoms with Gasteiger partial charge in [0.1, 0.15) is 6.29 Å². The summed E-state index contributed by atoms with van der Waals surface area (Å²) < 4.78 is 6.70. The van der Waals surface area contributed by atoms with Gasteiger partial charge < -0.3 is 4.43 Å². The fourth-order valence-corrected chi connectivity index (χ4v) is 7.80. The van der Waals surface area contributed by atoms with Gasteiger partial charge in [0.25, 0.3) is 8.32 Å². The first-order valence-corrected chi connectivity index (χ1v) is 10.8. The van der Waals surface area contributed by atoms with Crippen LogP contribution >= 0.6 is 0 Å². The third-order valence-corrected chi connectivity index (χ3v) is 9.63. The summed E-state index contributed by atoms with van der Waals surface area (Å²) in [5.74, 6) is 0.